The number of nitrogens with one attached hydrogen (secondary N) is 2. The molecule has 0 aromatic rings. The molecule has 0 aromatic carbocycles. The Bertz CT molecular complexity index is 308. The van der Waals surface area contributed by atoms with Crippen molar-refractivity contribution in [2.45, 2.75) is 71.2 Å². The van der Waals surface area contributed by atoms with Crippen LogP contribution in [0, 0.1) is 0 Å². The number of hydrogen-bond donors (Lipinski definition) is 2. The lowest BCUT2D eigenvalue weighted by atomic mass is 10.1. The van der Waals surface area contributed by atoms with Crippen molar-refractivity contribution in [2.24, 2.45) is 0 Å². The summed E-state index contributed by atoms with van der Waals surface area (Å²) in [6.07, 6.45) is 3.02. The molecule has 0 aromatic heterocycles. The summed E-state index contributed by atoms with van der Waals surface area (Å²) in [7, 11) is 1.99. The van der Waals surface area contributed by atoms with E-state index < -0.39 is 0 Å². The molecule has 1 aliphatic rings. The van der Waals surface area contributed by atoms with Gasteiger partial charge < -0.3 is 15.4 Å². The van der Waals surface area contributed by atoms with Crippen molar-refractivity contribution in [1.82, 2.24) is 15.5 Å². The van der Waals surface area contributed by atoms with Crippen LogP contribution >= 0.6 is 0 Å². The topological polar surface area (TPSA) is 53.6 Å². The molecule has 0 amide bonds. The lowest BCUT2D eigenvalue weighted by Gasteiger charge is -2.27. The first kappa shape index (κ1) is 18.4. The van der Waals surface area contributed by atoms with Crippen molar-refractivity contribution in [2.75, 3.05) is 26.7 Å². The zero-order chi connectivity index (χ0) is 15.8. The third-order valence-electron chi connectivity index (χ3n) is 4.02. The predicted molar refractivity (Wildman–Crippen MR) is 86.4 cm³/mol. The van der Waals surface area contributed by atoms with Crippen LogP contribution in [0.5, 0.6) is 0 Å². The summed E-state index contributed by atoms with van der Waals surface area (Å²) < 4.78 is 5.28. The Morgan fingerprint density at radius 3 is 2.57 bits per heavy atom. The van der Waals surface area contributed by atoms with Gasteiger partial charge in [0.15, 0.2) is 0 Å². The quantitative estimate of drug-likeness (QED) is 0.630. The van der Waals surface area contributed by atoms with Crippen LogP contribution < -0.4 is 10.6 Å². The summed E-state index contributed by atoms with van der Waals surface area (Å²) in [6, 6.07) is 0.884. The second-order valence-corrected chi connectivity index (χ2v) is 6.50. The minimum atomic E-state index is -0.109. The Kier molecular flexibility index (Phi) is 8.22. The lowest BCUT2D eigenvalue weighted by Crippen LogP contribution is -2.41. The second-order valence-electron chi connectivity index (χ2n) is 6.50. The molecule has 2 unspecified atom stereocenters. The van der Waals surface area contributed by atoms with E-state index in [1.54, 1.807) is 0 Å². The third-order valence-corrected chi connectivity index (χ3v) is 4.02. The Hall–Kier alpha value is -0.650. The van der Waals surface area contributed by atoms with Gasteiger partial charge in [0.2, 0.25) is 0 Å². The van der Waals surface area contributed by atoms with E-state index in [4.69, 9.17) is 4.74 Å². The van der Waals surface area contributed by atoms with Gasteiger partial charge in [-0.05, 0) is 60.5 Å². The van der Waals surface area contributed by atoms with Crippen molar-refractivity contribution < 1.29 is 9.53 Å². The fourth-order valence-corrected chi connectivity index (χ4v) is 2.75. The SMILES string of the molecule is CNCCN(CCC1CCC(C(=O)OC(C)C)N1)C(C)C. The van der Waals surface area contributed by atoms with E-state index in [2.05, 4.69) is 29.4 Å². The van der Waals surface area contributed by atoms with E-state index in [1.807, 2.05) is 20.9 Å². The highest BCUT2D eigenvalue weighted by atomic mass is 16.5. The summed E-state index contributed by atoms with van der Waals surface area (Å²) in [4.78, 5) is 14.4. The monoisotopic (exact) mass is 299 g/mol. The van der Waals surface area contributed by atoms with Crippen molar-refractivity contribution in [1.29, 1.82) is 0 Å². The molecule has 5 heteroatoms. The van der Waals surface area contributed by atoms with Gasteiger partial charge in [0.05, 0.1) is 6.10 Å². The molecule has 0 spiro atoms. The second kappa shape index (κ2) is 9.38. The van der Waals surface area contributed by atoms with Crippen LogP contribution in [0.4, 0.5) is 0 Å². The number of likely N-dealkylation sites (N-methyl/N-ethyl adjacent to an activating group) is 1. The third kappa shape index (κ3) is 6.76. The maximum Gasteiger partial charge on any atom is 0.323 e. The van der Waals surface area contributed by atoms with Crippen LogP contribution in [0.2, 0.25) is 0 Å². The minimum Gasteiger partial charge on any atom is -0.462 e. The van der Waals surface area contributed by atoms with Crippen LogP contribution in [0.15, 0.2) is 0 Å². The first-order valence-electron chi connectivity index (χ1n) is 8.29. The molecule has 2 N–H and O–H groups in total. The normalized spacial score (nSPS) is 22.5. The van der Waals surface area contributed by atoms with Crippen LogP contribution in [0.25, 0.3) is 0 Å². The largest absolute Gasteiger partial charge is 0.462 e. The number of rotatable bonds is 9. The van der Waals surface area contributed by atoms with Gasteiger partial charge in [0, 0.05) is 25.2 Å². The standard InChI is InChI=1S/C16H33N3O2/c1-12(2)19(11-9-17-5)10-8-14-6-7-15(18-14)16(20)21-13(3)4/h12-15,17-18H,6-11H2,1-5H3. The van der Waals surface area contributed by atoms with E-state index >= 15 is 0 Å². The highest BCUT2D eigenvalue weighted by Gasteiger charge is 2.30. The van der Waals surface area contributed by atoms with Crippen LogP contribution in [-0.4, -0.2) is 61.8 Å². The van der Waals surface area contributed by atoms with Crippen molar-refractivity contribution in [3.8, 4) is 0 Å². The molecule has 1 rings (SSSR count). The summed E-state index contributed by atoms with van der Waals surface area (Å²) in [5.41, 5.74) is 0. The van der Waals surface area contributed by atoms with E-state index in [9.17, 15) is 4.79 Å². The van der Waals surface area contributed by atoms with Gasteiger partial charge in [0.1, 0.15) is 6.04 Å². The molecule has 1 saturated heterocycles. The Morgan fingerprint density at radius 2 is 2.00 bits per heavy atom. The summed E-state index contributed by atoms with van der Waals surface area (Å²) in [6.45, 7) is 11.4. The van der Waals surface area contributed by atoms with Crippen molar-refractivity contribution >= 4 is 5.97 Å². The first-order valence-corrected chi connectivity index (χ1v) is 8.29. The summed E-state index contributed by atoms with van der Waals surface area (Å²) in [5, 5.41) is 6.63. The van der Waals surface area contributed by atoms with E-state index in [0.717, 1.165) is 38.9 Å². The molecule has 0 saturated carbocycles. The number of esters is 1. The first-order chi connectivity index (χ1) is 9.93. The van der Waals surface area contributed by atoms with Crippen molar-refractivity contribution in [3.63, 3.8) is 0 Å². The minimum absolute atomic E-state index is 0.0312. The number of ether oxygens (including phenoxy) is 1. The van der Waals surface area contributed by atoms with Crippen molar-refractivity contribution in [3.05, 3.63) is 0 Å². The number of carbonyl (C=O) groups excluding carboxylic acids is 1. The molecule has 5 nitrogen and oxygen atoms in total. The number of carbonyl (C=O) groups is 1. The lowest BCUT2D eigenvalue weighted by molar-refractivity contribution is -0.149. The van der Waals surface area contributed by atoms with Crippen LogP contribution in [0.3, 0.4) is 0 Å². The smallest absolute Gasteiger partial charge is 0.323 e. The average molecular weight is 299 g/mol. The van der Waals surface area contributed by atoms with Gasteiger partial charge >= 0.3 is 5.97 Å². The Morgan fingerprint density at radius 1 is 1.29 bits per heavy atom. The molecule has 1 fully saturated rings. The molecule has 21 heavy (non-hydrogen) atoms. The zero-order valence-electron chi connectivity index (χ0n) is 14.3. The maximum atomic E-state index is 11.9. The van der Waals surface area contributed by atoms with E-state index in [1.165, 1.54) is 0 Å². The average Bonchev–Trinajstić information content (AvgIpc) is 2.86. The van der Waals surface area contributed by atoms with Crippen LogP contribution in [0.1, 0.15) is 47.0 Å². The van der Waals surface area contributed by atoms with Gasteiger partial charge in [-0.2, -0.15) is 0 Å². The molecule has 2 atom stereocenters. The fourth-order valence-electron chi connectivity index (χ4n) is 2.75. The van der Waals surface area contributed by atoms with Gasteiger partial charge in [0.25, 0.3) is 0 Å². The fraction of sp³-hybridized carbons (Fsp3) is 0.938. The maximum absolute atomic E-state index is 11.9. The Labute approximate surface area is 129 Å². The summed E-state index contributed by atoms with van der Waals surface area (Å²) in [5.74, 6) is -0.0941. The zero-order valence-corrected chi connectivity index (χ0v) is 14.3. The number of nitrogens with zero attached hydrogens (tertiary/aromatic N) is 1. The van der Waals surface area contributed by atoms with Gasteiger partial charge in [-0.3, -0.25) is 9.69 Å². The molecular formula is C16H33N3O2. The molecular weight excluding hydrogens is 266 g/mol. The van der Waals surface area contributed by atoms with Crippen LogP contribution in [-0.2, 0) is 9.53 Å². The molecule has 0 bridgehead atoms. The van der Waals surface area contributed by atoms with E-state index in [0.29, 0.717) is 12.1 Å². The van der Waals surface area contributed by atoms with Gasteiger partial charge in [-0.1, -0.05) is 0 Å². The highest BCUT2D eigenvalue weighted by molar-refractivity contribution is 5.76. The molecule has 0 radical (unpaired) electrons. The highest BCUT2D eigenvalue weighted by Crippen LogP contribution is 2.17. The molecule has 0 aliphatic carbocycles. The Balaban J connectivity index is 2.31. The molecule has 124 valence electrons. The molecule has 1 heterocycles. The van der Waals surface area contributed by atoms with Gasteiger partial charge in [-0.25, -0.2) is 0 Å². The number of hydrogen-bond acceptors (Lipinski definition) is 5. The van der Waals surface area contributed by atoms with E-state index in [-0.39, 0.29) is 18.1 Å². The summed E-state index contributed by atoms with van der Waals surface area (Å²) >= 11 is 0. The molecule has 1 aliphatic heterocycles. The predicted octanol–water partition coefficient (Wildman–Crippen LogP) is 1.38. The van der Waals surface area contributed by atoms with Gasteiger partial charge in [-0.15, -0.1) is 0 Å².